The first-order chi connectivity index (χ1) is 7.25. The summed E-state index contributed by atoms with van der Waals surface area (Å²) in [5.41, 5.74) is 0. The molecule has 0 saturated carbocycles. The maximum absolute atomic E-state index is 5.93. The molecule has 1 saturated heterocycles. The fourth-order valence-corrected chi connectivity index (χ4v) is 1.92. The summed E-state index contributed by atoms with van der Waals surface area (Å²) in [5.74, 6) is 0.703. The molecule has 0 unspecified atom stereocenters. The van der Waals surface area contributed by atoms with Crippen LogP contribution < -0.4 is 5.32 Å². The first-order valence-electron chi connectivity index (χ1n) is 5.17. The van der Waals surface area contributed by atoms with Gasteiger partial charge in [-0.2, -0.15) is 0 Å². The van der Waals surface area contributed by atoms with Crippen molar-refractivity contribution in [2.45, 2.75) is 18.9 Å². The maximum atomic E-state index is 5.93. The highest BCUT2D eigenvalue weighted by Gasteiger charge is 2.17. The van der Waals surface area contributed by atoms with E-state index >= 15 is 0 Å². The molecule has 1 N–H and O–H groups in total. The van der Waals surface area contributed by atoms with E-state index in [1.165, 1.54) is 0 Å². The summed E-state index contributed by atoms with van der Waals surface area (Å²) in [6, 6.07) is 0.468. The molecule has 0 aliphatic carbocycles. The van der Waals surface area contributed by atoms with Gasteiger partial charge in [-0.25, -0.2) is 9.97 Å². The molecule has 5 heteroatoms. The summed E-state index contributed by atoms with van der Waals surface area (Å²) in [6.45, 7) is 2.24. The lowest BCUT2D eigenvalue weighted by molar-refractivity contribution is 0.263. The Hall–Kier alpha value is -0.870. The fraction of sp³-hybridized carbons (Fsp3) is 0.600. The van der Waals surface area contributed by atoms with Crippen LogP contribution in [-0.4, -0.2) is 41.0 Å². The summed E-state index contributed by atoms with van der Waals surface area (Å²) in [5, 5.41) is 3.79. The zero-order valence-corrected chi connectivity index (χ0v) is 9.54. The molecular formula is C10H15ClN4. The largest absolute Gasteiger partial charge is 0.365 e. The second-order valence-electron chi connectivity index (χ2n) is 3.92. The van der Waals surface area contributed by atoms with Gasteiger partial charge in [-0.3, -0.25) is 0 Å². The predicted octanol–water partition coefficient (Wildman–Crippen LogP) is 1.64. The van der Waals surface area contributed by atoms with Gasteiger partial charge in [0.1, 0.15) is 0 Å². The summed E-state index contributed by atoms with van der Waals surface area (Å²) >= 11 is 5.93. The average molecular weight is 227 g/mol. The van der Waals surface area contributed by atoms with E-state index in [1.54, 1.807) is 12.4 Å². The lowest BCUT2D eigenvalue weighted by atomic mass is 10.1. The number of piperidine rings is 1. The third-order valence-electron chi connectivity index (χ3n) is 2.71. The SMILES string of the molecule is CN1CCC(Nc2nccnc2Cl)CC1. The van der Waals surface area contributed by atoms with Crippen molar-refractivity contribution < 1.29 is 0 Å². The number of anilines is 1. The number of aromatic nitrogens is 2. The summed E-state index contributed by atoms with van der Waals surface area (Å²) in [6.07, 6.45) is 5.51. The van der Waals surface area contributed by atoms with Crippen LogP contribution in [-0.2, 0) is 0 Å². The third-order valence-corrected chi connectivity index (χ3v) is 2.99. The number of rotatable bonds is 2. The van der Waals surface area contributed by atoms with Gasteiger partial charge in [-0.1, -0.05) is 11.6 Å². The number of likely N-dealkylation sites (tertiary alicyclic amines) is 1. The van der Waals surface area contributed by atoms with E-state index < -0.39 is 0 Å². The van der Waals surface area contributed by atoms with Crippen LogP contribution in [0, 0.1) is 0 Å². The lowest BCUT2D eigenvalue weighted by Crippen LogP contribution is -2.36. The van der Waals surface area contributed by atoms with Crippen LogP contribution >= 0.6 is 11.6 Å². The minimum absolute atomic E-state index is 0.455. The molecule has 0 radical (unpaired) electrons. The molecule has 2 heterocycles. The Labute approximate surface area is 94.7 Å². The first kappa shape index (κ1) is 10.6. The highest BCUT2D eigenvalue weighted by molar-refractivity contribution is 6.31. The van der Waals surface area contributed by atoms with Crippen molar-refractivity contribution in [3.05, 3.63) is 17.5 Å². The van der Waals surface area contributed by atoms with Crippen molar-refractivity contribution >= 4 is 17.4 Å². The van der Waals surface area contributed by atoms with Gasteiger partial charge in [-0.15, -0.1) is 0 Å². The van der Waals surface area contributed by atoms with E-state index in [4.69, 9.17) is 11.6 Å². The highest BCUT2D eigenvalue weighted by Crippen LogP contribution is 2.19. The molecule has 82 valence electrons. The average Bonchev–Trinajstić information content (AvgIpc) is 2.25. The zero-order valence-electron chi connectivity index (χ0n) is 8.78. The zero-order chi connectivity index (χ0) is 10.7. The highest BCUT2D eigenvalue weighted by atomic mass is 35.5. The molecule has 4 nitrogen and oxygen atoms in total. The van der Waals surface area contributed by atoms with Gasteiger partial charge in [0.05, 0.1) is 0 Å². The van der Waals surface area contributed by atoms with E-state index in [9.17, 15) is 0 Å². The van der Waals surface area contributed by atoms with Crippen molar-refractivity contribution in [3.8, 4) is 0 Å². The fourth-order valence-electron chi connectivity index (χ4n) is 1.76. The molecule has 0 atom stereocenters. The van der Waals surface area contributed by atoms with Gasteiger partial charge < -0.3 is 10.2 Å². The molecule has 1 aromatic heterocycles. The second kappa shape index (κ2) is 4.77. The molecule has 15 heavy (non-hydrogen) atoms. The maximum Gasteiger partial charge on any atom is 0.171 e. The van der Waals surface area contributed by atoms with Crippen LogP contribution in [0.2, 0.25) is 5.15 Å². The van der Waals surface area contributed by atoms with Crippen LogP contribution in [0.5, 0.6) is 0 Å². The molecule has 0 aromatic carbocycles. The number of nitrogens with zero attached hydrogens (tertiary/aromatic N) is 3. The van der Waals surface area contributed by atoms with Gasteiger partial charge in [0.15, 0.2) is 11.0 Å². The number of hydrogen-bond acceptors (Lipinski definition) is 4. The molecule has 2 rings (SSSR count). The van der Waals surface area contributed by atoms with Gasteiger partial charge >= 0.3 is 0 Å². The van der Waals surface area contributed by atoms with Gasteiger partial charge in [0, 0.05) is 18.4 Å². The van der Waals surface area contributed by atoms with Crippen molar-refractivity contribution in [3.63, 3.8) is 0 Å². The molecule has 1 aliphatic heterocycles. The smallest absolute Gasteiger partial charge is 0.171 e. The molecule has 1 fully saturated rings. The number of nitrogens with one attached hydrogen (secondary N) is 1. The molecule has 0 spiro atoms. The second-order valence-corrected chi connectivity index (χ2v) is 4.28. The van der Waals surface area contributed by atoms with Crippen LogP contribution in [0.15, 0.2) is 12.4 Å². The predicted molar refractivity (Wildman–Crippen MR) is 61.2 cm³/mol. The Morgan fingerprint density at radius 1 is 1.33 bits per heavy atom. The Kier molecular flexibility index (Phi) is 3.38. The molecule has 1 aliphatic rings. The number of halogens is 1. The van der Waals surface area contributed by atoms with Crippen molar-refractivity contribution in [1.29, 1.82) is 0 Å². The Morgan fingerprint density at radius 2 is 2.00 bits per heavy atom. The summed E-state index contributed by atoms with van der Waals surface area (Å²) in [7, 11) is 2.14. The van der Waals surface area contributed by atoms with E-state index in [0.717, 1.165) is 25.9 Å². The van der Waals surface area contributed by atoms with E-state index in [1.807, 2.05) is 0 Å². The third kappa shape index (κ3) is 2.79. The monoisotopic (exact) mass is 226 g/mol. The van der Waals surface area contributed by atoms with Crippen LogP contribution in [0.4, 0.5) is 5.82 Å². The summed E-state index contributed by atoms with van der Waals surface area (Å²) in [4.78, 5) is 10.5. The minimum atomic E-state index is 0.455. The van der Waals surface area contributed by atoms with Crippen LogP contribution in [0.1, 0.15) is 12.8 Å². The van der Waals surface area contributed by atoms with Crippen molar-refractivity contribution in [2.24, 2.45) is 0 Å². The van der Waals surface area contributed by atoms with Crippen molar-refractivity contribution in [2.75, 3.05) is 25.5 Å². The first-order valence-corrected chi connectivity index (χ1v) is 5.55. The molecule has 0 amide bonds. The van der Waals surface area contributed by atoms with Crippen LogP contribution in [0.3, 0.4) is 0 Å². The van der Waals surface area contributed by atoms with E-state index in [2.05, 4.69) is 27.2 Å². The van der Waals surface area contributed by atoms with Gasteiger partial charge in [0.2, 0.25) is 0 Å². The van der Waals surface area contributed by atoms with Crippen LogP contribution in [0.25, 0.3) is 0 Å². The lowest BCUT2D eigenvalue weighted by Gasteiger charge is -2.29. The van der Waals surface area contributed by atoms with Gasteiger partial charge in [-0.05, 0) is 33.0 Å². The Balaban J connectivity index is 1.95. The van der Waals surface area contributed by atoms with Crippen molar-refractivity contribution in [1.82, 2.24) is 14.9 Å². The number of hydrogen-bond donors (Lipinski definition) is 1. The topological polar surface area (TPSA) is 41.0 Å². The molecular weight excluding hydrogens is 212 g/mol. The minimum Gasteiger partial charge on any atom is -0.365 e. The molecule has 1 aromatic rings. The molecule has 0 bridgehead atoms. The standard InChI is InChI=1S/C10H15ClN4/c1-15-6-2-8(3-7-15)14-10-9(11)12-4-5-13-10/h4-5,8H,2-3,6-7H2,1H3,(H,13,14). The Morgan fingerprint density at radius 3 is 2.67 bits per heavy atom. The Bertz CT molecular complexity index is 323. The van der Waals surface area contributed by atoms with E-state index in [0.29, 0.717) is 17.0 Å². The van der Waals surface area contributed by atoms with Gasteiger partial charge in [0.25, 0.3) is 0 Å². The quantitative estimate of drug-likeness (QED) is 0.833. The van der Waals surface area contributed by atoms with E-state index in [-0.39, 0.29) is 0 Å². The summed E-state index contributed by atoms with van der Waals surface area (Å²) < 4.78 is 0. The normalized spacial score (nSPS) is 19.1.